The highest BCUT2D eigenvalue weighted by atomic mass is 35.5. The van der Waals surface area contributed by atoms with Crippen LogP contribution < -0.4 is 5.32 Å². The number of aromatic nitrogens is 6. The smallest absolute Gasteiger partial charge is 0.150 e. The fourth-order valence-corrected chi connectivity index (χ4v) is 6.55. The summed E-state index contributed by atoms with van der Waals surface area (Å²) in [7, 11) is 0. The number of nitrogens with one attached hydrogen (secondary N) is 2. The predicted octanol–water partition coefficient (Wildman–Crippen LogP) is 6.80. The van der Waals surface area contributed by atoms with Gasteiger partial charge in [-0.25, -0.2) is 9.36 Å². The monoisotopic (exact) mass is 600 g/mol. The number of fused-ring (bicyclic) bond motifs is 2. The van der Waals surface area contributed by atoms with E-state index in [1.807, 2.05) is 21.8 Å². The molecule has 43 heavy (non-hydrogen) atoms. The van der Waals surface area contributed by atoms with Crippen molar-refractivity contribution >= 4 is 39.1 Å². The molecule has 2 aliphatic heterocycles. The summed E-state index contributed by atoms with van der Waals surface area (Å²) in [5.41, 5.74) is 7.92. The maximum absolute atomic E-state index is 6.07. The van der Waals surface area contributed by atoms with E-state index in [2.05, 4.69) is 75.8 Å². The van der Waals surface area contributed by atoms with Crippen LogP contribution >= 0.6 is 11.6 Å². The van der Waals surface area contributed by atoms with Crippen LogP contribution in [-0.4, -0.2) is 66.8 Å². The van der Waals surface area contributed by atoms with Gasteiger partial charge in [0.05, 0.1) is 24.5 Å². The second kappa shape index (κ2) is 11.9. The Balaban J connectivity index is 1.11. The van der Waals surface area contributed by atoms with Crippen molar-refractivity contribution in [1.29, 1.82) is 0 Å². The van der Waals surface area contributed by atoms with Crippen LogP contribution in [0, 0.1) is 5.41 Å². The molecule has 0 spiro atoms. The fraction of sp³-hybridized carbons (Fsp3) is 0.485. The van der Waals surface area contributed by atoms with E-state index < -0.39 is 0 Å². The van der Waals surface area contributed by atoms with Gasteiger partial charge in [-0.1, -0.05) is 31.2 Å². The number of aromatic amines is 1. The Morgan fingerprint density at radius 2 is 1.98 bits per heavy atom. The molecule has 1 atom stereocenters. The van der Waals surface area contributed by atoms with Gasteiger partial charge in [0.15, 0.2) is 6.23 Å². The minimum atomic E-state index is -0.0477. The van der Waals surface area contributed by atoms with Crippen molar-refractivity contribution in [3.05, 3.63) is 60.0 Å². The molecule has 2 aliphatic rings. The summed E-state index contributed by atoms with van der Waals surface area (Å²) in [6.07, 6.45) is 9.62. The lowest BCUT2D eigenvalue weighted by Crippen LogP contribution is -2.36. The van der Waals surface area contributed by atoms with Gasteiger partial charge in [-0.2, -0.15) is 5.10 Å². The van der Waals surface area contributed by atoms with E-state index in [-0.39, 0.29) is 6.23 Å². The van der Waals surface area contributed by atoms with Crippen LogP contribution in [0.2, 0.25) is 0 Å². The first-order valence-corrected chi connectivity index (χ1v) is 16.1. The molecule has 5 aromatic rings. The lowest BCUT2D eigenvalue weighted by molar-refractivity contribution is -0.0366. The summed E-state index contributed by atoms with van der Waals surface area (Å²) in [6, 6.07) is 13.2. The number of halogens is 1. The number of rotatable bonds is 9. The fourth-order valence-electron chi connectivity index (χ4n) is 6.46. The first kappa shape index (κ1) is 28.4. The molecule has 0 amide bonds. The lowest BCUT2D eigenvalue weighted by Gasteiger charge is -2.36. The van der Waals surface area contributed by atoms with E-state index in [1.54, 1.807) is 0 Å². The van der Waals surface area contributed by atoms with Crippen molar-refractivity contribution in [2.45, 2.75) is 65.3 Å². The molecule has 0 bridgehead atoms. The van der Waals surface area contributed by atoms with E-state index >= 15 is 0 Å². The van der Waals surface area contributed by atoms with Gasteiger partial charge in [-0.3, -0.25) is 4.90 Å². The third kappa shape index (κ3) is 6.16. The molecule has 3 aromatic heterocycles. The molecular formula is C33H41ClN8O. The zero-order valence-electron chi connectivity index (χ0n) is 25.2. The summed E-state index contributed by atoms with van der Waals surface area (Å²) < 4.78 is 9.99. The highest BCUT2D eigenvalue weighted by molar-refractivity contribution is 6.18. The van der Waals surface area contributed by atoms with Crippen LogP contribution in [0.4, 0.5) is 5.69 Å². The Morgan fingerprint density at radius 3 is 2.79 bits per heavy atom. The van der Waals surface area contributed by atoms with Gasteiger partial charge >= 0.3 is 0 Å². The molecule has 1 unspecified atom stereocenters. The maximum Gasteiger partial charge on any atom is 0.150 e. The number of piperidine rings is 1. The van der Waals surface area contributed by atoms with Gasteiger partial charge in [0.25, 0.3) is 0 Å². The minimum Gasteiger partial charge on any atom is -0.384 e. The van der Waals surface area contributed by atoms with E-state index in [1.165, 1.54) is 35.0 Å². The van der Waals surface area contributed by atoms with Crippen molar-refractivity contribution in [1.82, 2.24) is 34.7 Å². The topological polar surface area (TPSA) is 88.8 Å². The summed E-state index contributed by atoms with van der Waals surface area (Å²) in [6.45, 7) is 10.1. The van der Waals surface area contributed by atoms with Crippen molar-refractivity contribution in [3.63, 3.8) is 0 Å². The summed E-state index contributed by atoms with van der Waals surface area (Å²) >= 11 is 6.00. The number of hydrogen-bond donors (Lipinski definition) is 2. The van der Waals surface area contributed by atoms with Crippen molar-refractivity contribution in [2.24, 2.45) is 5.41 Å². The summed E-state index contributed by atoms with van der Waals surface area (Å²) in [5.74, 6) is 0.526. The molecule has 5 heterocycles. The number of ether oxygens (including phenoxy) is 1. The van der Waals surface area contributed by atoms with Crippen LogP contribution in [0.15, 0.2) is 48.8 Å². The second-order valence-corrected chi connectivity index (χ2v) is 13.3. The molecule has 9 nitrogen and oxygen atoms in total. The minimum absolute atomic E-state index is 0.0477. The van der Waals surface area contributed by atoms with Crippen LogP contribution in [0.5, 0.6) is 0 Å². The third-order valence-electron chi connectivity index (χ3n) is 9.07. The largest absolute Gasteiger partial charge is 0.384 e. The molecule has 2 saturated heterocycles. The van der Waals surface area contributed by atoms with Crippen molar-refractivity contribution in [2.75, 3.05) is 37.4 Å². The molecule has 226 valence electrons. The standard InChI is InChI=1S/C33H41ClN8O/c1-33(2)8-12-40(13-9-33)21-26-16-24-7-6-23(15-29(24)37-26)20-41-22-30(38-39-41)27-17-25(35-11-10-34)18-31-28(27)19-36-42(31)32-5-3-4-14-43-32/h6-7,15-19,22,32,35,37H,3-5,8-14,20-21H2,1-2H3. The Bertz CT molecular complexity index is 1700. The number of likely N-dealkylation sites (tertiary alicyclic amines) is 1. The molecule has 2 fully saturated rings. The van der Waals surface area contributed by atoms with E-state index in [4.69, 9.17) is 21.4 Å². The van der Waals surface area contributed by atoms with E-state index in [0.29, 0.717) is 24.4 Å². The van der Waals surface area contributed by atoms with Crippen LogP contribution in [0.25, 0.3) is 33.1 Å². The predicted molar refractivity (Wildman–Crippen MR) is 172 cm³/mol. The lowest BCUT2D eigenvalue weighted by atomic mass is 9.83. The highest BCUT2D eigenvalue weighted by Gasteiger charge is 2.25. The molecule has 2 N–H and O–H groups in total. The molecular weight excluding hydrogens is 560 g/mol. The molecule has 7 rings (SSSR count). The van der Waals surface area contributed by atoms with Crippen LogP contribution in [0.3, 0.4) is 0 Å². The third-order valence-corrected chi connectivity index (χ3v) is 9.26. The van der Waals surface area contributed by atoms with Gasteiger partial charge in [0.2, 0.25) is 0 Å². The van der Waals surface area contributed by atoms with E-state index in [0.717, 1.165) is 73.4 Å². The first-order valence-electron chi connectivity index (χ1n) is 15.6. The Labute approximate surface area is 257 Å². The zero-order valence-corrected chi connectivity index (χ0v) is 25.9. The van der Waals surface area contributed by atoms with Crippen LogP contribution in [0.1, 0.15) is 63.4 Å². The number of benzene rings is 2. The number of hydrogen-bond acceptors (Lipinski definition) is 6. The first-order chi connectivity index (χ1) is 20.9. The molecule has 0 radical (unpaired) electrons. The van der Waals surface area contributed by atoms with Gasteiger partial charge in [-0.05, 0) is 85.8 Å². The Kier molecular flexibility index (Phi) is 7.88. The van der Waals surface area contributed by atoms with Gasteiger partial charge in [-0.15, -0.1) is 16.7 Å². The summed E-state index contributed by atoms with van der Waals surface area (Å²) in [4.78, 5) is 6.24. The number of H-pyrrole nitrogens is 1. The number of anilines is 1. The Hall–Kier alpha value is -3.40. The average Bonchev–Trinajstić information content (AvgIpc) is 3.75. The summed E-state index contributed by atoms with van der Waals surface area (Å²) in [5, 5.41) is 19.6. The quantitative estimate of drug-likeness (QED) is 0.181. The van der Waals surface area contributed by atoms with Gasteiger partial charge < -0.3 is 15.0 Å². The van der Waals surface area contributed by atoms with Crippen molar-refractivity contribution in [3.8, 4) is 11.3 Å². The normalized spacial score (nSPS) is 19.4. The maximum atomic E-state index is 6.07. The molecule has 2 aromatic carbocycles. The number of nitrogens with zero attached hydrogens (tertiary/aromatic N) is 6. The molecule has 10 heteroatoms. The van der Waals surface area contributed by atoms with Gasteiger partial charge in [0, 0.05) is 53.4 Å². The zero-order chi connectivity index (χ0) is 29.4. The second-order valence-electron chi connectivity index (χ2n) is 12.9. The van der Waals surface area contributed by atoms with Crippen LogP contribution in [-0.2, 0) is 17.8 Å². The highest BCUT2D eigenvalue weighted by Crippen LogP contribution is 2.35. The Morgan fingerprint density at radius 1 is 1.09 bits per heavy atom. The number of alkyl halides is 1. The van der Waals surface area contributed by atoms with Gasteiger partial charge in [0.1, 0.15) is 5.69 Å². The average molecular weight is 601 g/mol. The molecule has 0 saturated carbocycles. The SMILES string of the molecule is CC1(C)CCN(Cc2cc3ccc(Cn4cc(-c5cc(NCCCl)cc6c5cnn6C5CCCCO5)nn4)cc3[nH]2)CC1. The van der Waals surface area contributed by atoms with Crippen molar-refractivity contribution < 1.29 is 4.74 Å². The van der Waals surface area contributed by atoms with E-state index in [9.17, 15) is 0 Å². The molecule has 0 aliphatic carbocycles.